The van der Waals surface area contributed by atoms with E-state index in [1.165, 1.54) is 16.9 Å². The van der Waals surface area contributed by atoms with Crippen molar-refractivity contribution in [1.82, 2.24) is 4.98 Å². The lowest BCUT2D eigenvalue weighted by molar-refractivity contribution is -0.113. The van der Waals surface area contributed by atoms with Crippen LogP contribution in [0.25, 0.3) is 10.2 Å². The molecule has 1 amide bonds. The van der Waals surface area contributed by atoms with Gasteiger partial charge in [-0.3, -0.25) is 4.79 Å². The number of aromatic nitrogens is 1. The van der Waals surface area contributed by atoms with Crippen molar-refractivity contribution in [2.45, 2.75) is 32.4 Å². The van der Waals surface area contributed by atoms with Gasteiger partial charge in [-0.1, -0.05) is 38.2 Å². The fourth-order valence-electron chi connectivity index (χ4n) is 1.52. The minimum absolute atomic E-state index is 0.00991. The second-order valence-corrected chi connectivity index (χ2v) is 8.27. The molecule has 0 aliphatic heterocycles. The van der Waals surface area contributed by atoms with E-state index >= 15 is 0 Å². The maximum absolute atomic E-state index is 11.8. The number of rotatable bonds is 3. The molecule has 0 aliphatic rings. The number of benzene rings is 1. The molecule has 0 bridgehead atoms. The Morgan fingerprint density at radius 1 is 1.42 bits per heavy atom. The van der Waals surface area contributed by atoms with Gasteiger partial charge in [0.25, 0.3) is 0 Å². The smallest absolute Gasteiger partial charge is 0.236 e. The fourth-order valence-corrected chi connectivity index (χ4v) is 3.14. The van der Waals surface area contributed by atoms with Crippen LogP contribution in [0.4, 0.5) is 5.13 Å². The number of amides is 1. The zero-order valence-corrected chi connectivity index (χ0v) is 13.2. The quantitative estimate of drug-likeness (QED) is 0.927. The van der Waals surface area contributed by atoms with Gasteiger partial charge in [0.05, 0.1) is 16.0 Å². The average Bonchev–Trinajstić information content (AvgIpc) is 2.66. The molecule has 0 spiro atoms. The number of anilines is 1. The predicted octanol–water partition coefficient (Wildman–Crippen LogP) is 4.07. The van der Waals surface area contributed by atoms with Crippen LogP contribution < -0.4 is 5.32 Å². The number of hydrogen-bond donors (Lipinski definition) is 1. The minimum atomic E-state index is 0.00991. The topological polar surface area (TPSA) is 42.0 Å². The Bertz CT molecular complexity index is 599. The summed E-state index contributed by atoms with van der Waals surface area (Å²) in [6.07, 6.45) is 0. The van der Waals surface area contributed by atoms with Crippen LogP contribution in [-0.2, 0) is 4.79 Å². The van der Waals surface area contributed by atoms with E-state index in [0.29, 0.717) is 10.9 Å². The first-order valence-electron chi connectivity index (χ1n) is 6.14. The summed E-state index contributed by atoms with van der Waals surface area (Å²) in [5, 5.41) is 3.55. The Hall–Kier alpha value is -1.07. The van der Waals surface area contributed by atoms with Gasteiger partial charge in [0, 0.05) is 4.75 Å². The molecule has 5 heteroatoms. The van der Waals surface area contributed by atoms with Gasteiger partial charge >= 0.3 is 0 Å². The molecule has 3 nitrogen and oxygen atoms in total. The third-order valence-electron chi connectivity index (χ3n) is 2.43. The number of carbonyl (C=O) groups is 1. The second kappa shape index (κ2) is 5.51. The first kappa shape index (κ1) is 14.3. The van der Waals surface area contributed by atoms with E-state index in [4.69, 9.17) is 0 Å². The van der Waals surface area contributed by atoms with Gasteiger partial charge in [-0.25, -0.2) is 4.98 Å². The first-order chi connectivity index (χ1) is 8.83. The molecular weight excluding hydrogens is 276 g/mol. The average molecular weight is 294 g/mol. The normalized spacial score (nSPS) is 11.8. The molecule has 1 heterocycles. The monoisotopic (exact) mass is 294 g/mol. The summed E-state index contributed by atoms with van der Waals surface area (Å²) in [4.78, 5) is 16.3. The summed E-state index contributed by atoms with van der Waals surface area (Å²) < 4.78 is 1.21. The lowest BCUT2D eigenvalue weighted by Crippen LogP contribution is -2.18. The standard InChI is InChI=1S/C14H18N2OS2/c1-9-5-6-10-11(7-9)19-13(15-10)16-12(17)8-18-14(2,3)4/h5-7H,8H2,1-4H3,(H,15,16,17). The highest BCUT2D eigenvalue weighted by Gasteiger charge is 2.14. The van der Waals surface area contributed by atoms with Crippen molar-refractivity contribution in [3.05, 3.63) is 23.8 Å². The highest BCUT2D eigenvalue weighted by Crippen LogP contribution is 2.27. The van der Waals surface area contributed by atoms with Gasteiger partial charge in [0.1, 0.15) is 0 Å². The van der Waals surface area contributed by atoms with Crippen LogP contribution in [0.3, 0.4) is 0 Å². The number of nitrogens with zero attached hydrogens (tertiary/aromatic N) is 1. The van der Waals surface area contributed by atoms with Crippen LogP contribution in [0.15, 0.2) is 18.2 Å². The number of hydrogen-bond acceptors (Lipinski definition) is 4. The maximum atomic E-state index is 11.8. The van der Waals surface area contributed by atoms with Gasteiger partial charge in [0.15, 0.2) is 5.13 Å². The number of carbonyl (C=O) groups excluding carboxylic acids is 1. The van der Waals surface area contributed by atoms with Gasteiger partial charge in [0.2, 0.25) is 5.91 Å². The van der Waals surface area contributed by atoms with Gasteiger partial charge in [-0.2, -0.15) is 0 Å². The minimum Gasteiger partial charge on any atom is -0.301 e. The van der Waals surface area contributed by atoms with Crippen LogP contribution in [0.5, 0.6) is 0 Å². The van der Waals surface area contributed by atoms with E-state index in [-0.39, 0.29) is 10.7 Å². The zero-order valence-electron chi connectivity index (χ0n) is 11.6. The first-order valence-corrected chi connectivity index (χ1v) is 7.95. The molecule has 2 aromatic rings. The largest absolute Gasteiger partial charge is 0.301 e. The number of aryl methyl sites for hydroxylation is 1. The lowest BCUT2D eigenvalue weighted by Gasteiger charge is -2.16. The summed E-state index contributed by atoms with van der Waals surface area (Å²) in [7, 11) is 0. The Labute approximate surface area is 121 Å². The van der Waals surface area contributed by atoms with Crippen molar-refractivity contribution in [2.24, 2.45) is 0 Å². The van der Waals surface area contributed by atoms with E-state index < -0.39 is 0 Å². The van der Waals surface area contributed by atoms with Crippen molar-refractivity contribution in [1.29, 1.82) is 0 Å². The van der Waals surface area contributed by atoms with Crippen LogP contribution in [0, 0.1) is 6.92 Å². The van der Waals surface area contributed by atoms with Crippen molar-refractivity contribution in [3.63, 3.8) is 0 Å². The Morgan fingerprint density at radius 2 is 2.16 bits per heavy atom. The van der Waals surface area contributed by atoms with Gasteiger partial charge in [-0.05, 0) is 24.6 Å². The molecule has 0 aliphatic carbocycles. The van der Waals surface area contributed by atoms with E-state index in [2.05, 4.69) is 44.1 Å². The summed E-state index contributed by atoms with van der Waals surface area (Å²) in [5.41, 5.74) is 2.15. The molecule has 0 saturated heterocycles. The fraction of sp³-hybridized carbons (Fsp3) is 0.429. The molecule has 19 heavy (non-hydrogen) atoms. The SMILES string of the molecule is Cc1ccc2nc(NC(=O)CSC(C)(C)C)sc2c1. The third-order valence-corrected chi connectivity index (χ3v) is 4.63. The molecule has 0 fully saturated rings. The molecule has 1 aromatic heterocycles. The molecular formula is C14H18N2OS2. The molecule has 0 unspecified atom stereocenters. The summed E-state index contributed by atoms with van der Waals surface area (Å²) in [6.45, 7) is 8.36. The summed E-state index contributed by atoms with van der Waals surface area (Å²) >= 11 is 3.16. The molecule has 0 saturated carbocycles. The maximum Gasteiger partial charge on any atom is 0.236 e. The molecule has 0 atom stereocenters. The van der Waals surface area contributed by atoms with Crippen molar-refractivity contribution in [2.75, 3.05) is 11.1 Å². The van der Waals surface area contributed by atoms with Crippen molar-refractivity contribution in [3.8, 4) is 0 Å². The third kappa shape index (κ3) is 4.21. The second-order valence-electron chi connectivity index (χ2n) is 5.44. The number of nitrogens with one attached hydrogen (secondary N) is 1. The van der Waals surface area contributed by atoms with Crippen LogP contribution in [0.2, 0.25) is 0 Å². The molecule has 102 valence electrons. The van der Waals surface area contributed by atoms with E-state index in [0.717, 1.165) is 10.2 Å². The van der Waals surface area contributed by atoms with Crippen LogP contribution in [0.1, 0.15) is 26.3 Å². The summed E-state index contributed by atoms with van der Waals surface area (Å²) in [6, 6.07) is 6.11. The van der Waals surface area contributed by atoms with Crippen molar-refractivity contribution >= 4 is 44.4 Å². The lowest BCUT2D eigenvalue weighted by atomic mass is 10.2. The predicted molar refractivity (Wildman–Crippen MR) is 85.2 cm³/mol. The van der Waals surface area contributed by atoms with Crippen LogP contribution >= 0.6 is 23.1 Å². The Kier molecular flexibility index (Phi) is 4.16. The number of fused-ring (bicyclic) bond motifs is 1. The highest BCUT2D eigenvalue weighted by molar-refractivity contribution is 8.01. The van der Waals surface area contributed by atoms with Crippen LogP contribution in [-0.4, -0.2) is 21.4 Å². The molecule has 2 rings (SSSR count). The number of thiazole rings is 1. The molecule has 1 N–H and O–H groups in total. The molecule has 1 aromatic carbocycles. The van der Waals surface area contributed by atoms with E-state index in [9.17, 15) is 4.79 Å². The van der Waals surface area contributed by atoms with Gasteiger partial charge in [-0.15, -0.1) is 11.8 Å². The summed E-state index contributed by atoms with van der Waals surface area (Å²) in [5.74, 6) is 0.467. The highest BCUT2D eigenvalue weighted by atomic mass is 32.2. The zero-order chi connectivity index (χ0) is 14.0. The van der Waals surface area contributed by atoms with Gasteiger partial charge < -0.3 is 5.32 Å². The van der Waals surface area contributed by atoms with Crippen molar-refractivity contribution < 1.29 is 4.79 Å². The van der Waals surface area contributed by atoms with E-state index in [1.54, 1.807) is 11.8 Å². The Balaban J connectivity index is 2.03. The number of thioether (sulfide) groups is 1. The van der Waals surface area contributed by atoms with E-state index in [1.807, 2.05) is 12.1 Å². The molecule has 0 radical (unpaired) electrons. The Morgan fingerprint density at radius 3 is 2.84 bits per heavy atom.